The first-order chi connectivity index (χ1) is 10.8. The summed E-state index contributed by atoms with van der Waals surface area (Å²) in [6.07, 6.45) is 6.34. The molecule has 1 amide bonds. The van der Waals surface area contributed by atoms with Gasteiger partial charge in [-0.3, -0.25) is 9.89 Å². The Morgan fingerprint density at radius 2 is 2.14 bits per heavy atom. The van der Waals surface area contributed by atoms with Gasteiger partial charge in [0.2, 0.25) is 5.88 Å². The molecule has 8 nitrogen and oxygen atoms in total. The minimum atomic E-state index is -0.223. The van der Waals surface area contributed by atoms with Gasteiger partial charge in [0, 0.05) is 17.7 Å². The van der Waals surface area contributed by atoms with Crippen LogP contribution in [0, 0.1) is 0 Å². The number of anilines is 3. The molecule has 3 heterocycles. The zero-order valence-corrected chi connectivity index (χ0v) is 11.9. The maximum Gasteiger partial charge on any atom is 0.262 e. The van der Waals surface area contributed by atoms with Crippen LogP contribution in [0.25, 0.3) is 0 Å². The number of amides is 1. The number of hydrogen-bond acceptors (Lipinski definition) is 6. The van der Waals surface area contributed by atoms with Gasteiger partial charge in [0.1, 0.15) is 12.0 Å². The third-order valence-electron chi connectivity index (χ3n) is 4.06. The van der Waals surface area contributed by atoms with Crippen LogP contribution in [0.4, 0.5) is 17.3 Å². The smallest absolute Gasteiger partial charge is 0.262 e. The van der Waals surface area contributed by atoms with Crippen molar-refractivity contribution in [2.75, 3.05) is 17.2 Å². The number of aromatic nitrogens is 4. The van der Waals surface area contributed by atoms with Crippen molar-refractivity contribution in [3.63, 3.8) is 0 Å². The van der Waals surface area contributed by atoms with Gasteiger partial charge >= 0.3 is 0 Å². The lowest BCUT2D eigenvalue weighted by molar-refractivity contribution is -0.118. The van der Waals surface area contributed by atoms with Gasteiger partial charge in [-0.2, -0.15) is 10.1 Å². The van der Waals surface area contributed by atoms with Gasteiger partial charge in [-0.25, -0.2) is 4.98 Å². The SMILES string of the molecule is O=C1COc2ncnc(Nc3cc(C4CCCC4)[nH]n3)c2N1. The predicted octanol–water partition coefficient (Wildman–Crippen LogP) is 1.93. The third-order valence-corrected chi connectivity index (χ3v) is 4.06. The number of hydrogen-bond donors (Lipinski definition) is 3. The molecule has 1 saturated carbocycles. The quantitative estimate of drug-likeness (QED) is 0.800. The van der Waals surface area contributed by atoms with E-state index in [0.717, 1.165) is 5.69 Å². The number of nitrogens with one attached hydrogen (secondary N) is 3. The molecule has 22 heavy (non-hydrogen) atoms. The van der Waals surface area contributed by atoms with Crippen LogP contribution in [-0.2, 0) is 4.79 Å². The Kier molecular flexibility index (Phi) is 3.14. The Bertz CT molecular complexity index is 707. The zero-order valence-electron chi connectivity index (χ0n) is 11.9. The van der Waals surface area contributed by atoms with Gasteiger partial charge in [0.15, 0.2) is 18.2 Å². The molecule has 114 valence electrons. The lowest BCUT2D eigenvalue weighted by Crippen LogP contribution is -2.27. The fourth-order valence-corrected chi connectivity index (χ4v) is 2.96. The molecule has 2 aliphatic rings. The van der Waals surface area contributed by atoms with Crippen molar-refractivity contribution in [3.8, 4) is 5.88 Å². The van der Waals surface area contributed by atoms with E-state index in [1.807, 2.05) is 6.07 Å². The largest absolute Gasteiger partial charge is 0.466 e. The summed E-state index contributed by atoms with van der Waals surface area (Å²) >= 11 is 0. The third kappa shape index (κ3) is 2.36. The number of H-pyrrole nitrogens is 1. The van der Waals surface area contributed by atoms with Crippen molar-refractivity contribution in [3.05, 3.63) is 18.1 Å². The van der Waals surface area contributed by atoms with Gasteiger partial charge in [-0.15, -0.1) is 0 Å². The molecule has 0 unspecified atom stereocenters. The van der Waals surface area contributed by atoms with Gasteiger partial charge < -0.3 is 15.4 Å². The predicted molar refractivity (Wildman–Crippen MR) is 79.2 cm³/mol. The summed E-state index contributed by atoms with van der Waals surface area (Å²) in [7, 11) is 0. The van der Waals surface area contributed by atoms with Gasteiger partial charge in [0.25, 0.3) is 5.91 Å². The number of fused-ring (bicyclic) bond motifs is 1. The Morgan fingerprint density at radius 1 is 1.27 bits per heavy atom. The molecule has 2 aromatic heterocycles. The van der Waals surface area contributed by atoms with Crippen molar-refractivity contribution < 1.29 is 9.53 Å². The molecular formula is C14H16N6O2. The van der Waals surface area contributed by atoms with E-state index in [-0.39, 0.29) is 12.5 Å². The monoisotopic (exact) mass is 300 g/mol. The van der Waals surface area contributed by atoms with Crippen molar-refractivity contribution in [1.29, 1.82) is 0 Å². The molecule has 4 rings (SSSR count). The molecule has 1 aliphatic carbocycles. The summed E-state index contributed by atoms with van der Waals surface area (Å²) in [5, 5.41) is 13.2. The first-order valence-corrected chi connectivity index (χ1v) is 7.39. The standard InChI is InChI=1S/C14H16N6O2/c21-11-6-22-14-12(18-11)13(15-7-16-14)17-10-5-9(19-20-10)8-3-1-2-4-8/h5,7-8H,1-4,6H2,(H,18,21)(H2,15,16,17,19,20). The normalized spacial score (nSPS) is 17.7. The van der Waals surface area contributed by atoms with Crippen LogP contribution in [0.5, 0.6) is 5.88 Å². The average Bonchev–Trinajstić information content (AvgIpc) is 3.18. The van der Waals surface area contributed by atoms with Gasteiger partial charge in [-0.05, 0) is 12.8 Å². The molecule has 0 bridgehead atoms. The number of carbonyl (C=O) groups excluding carboxylic acids is 1. The minimum absolute atomic E-state index is 0.0301. The summed E-state index contributed by atoms with van der Waals surface area (Å²) in [6, 6.07) is 2.00. The van der Waals surface area contributed by atoms with Gasteiger partial charge in [0.05, 0.1) is 0 Å². The fraction of sp³-hybridized carbons (Fsp3) is 0.429. The molecule has 1 fully saturated rings. The van der Waals surface area contributed by atoms with Gasteiger partial charge in [-0.1, -0.05) is 12.8 Å². The molecular weight excluding hydrogens is 284 g/mol. The summed E-state index contributed by atoms with van der Waals surface area (Å²) in [5.41, 5.74) is 1.59. The van der Waals surface area contributed by atoms with E-state index in [2.05, 4.69) is 30.8 Å². The van der Waals surface area contributed by atoms with E-state index >= 15 is 0 Å². The lowest BCUT2D eigenvalue weighted by atomic mass is 10.0. The van der Waals surface area contributed by atoms with E-state index in [1.165, 1.54) is 32.0 Å². The second kappa shape index (κ2) is 5.28. The van der Waals surface area contributed by atoms with Crippen LogP contribution in [0.2, 0.25) is 0 Å². The first kappa shape index (κ1) is 13.1. The van der Waals surface area contributed by atoms with Crippen molar-refractivity contribution in [2.24, 2.45) is 0 Å². The highest BCUT2D eigenvalue weighted by Crippen LogP contribution is 2.35. The number of carbonyl (C=O) groups is 1. The maximum absolute atomic E-state index is 11.5. The number of nitrogens with zero attached hydrogens (tertiary/aromatic N) is 3. The van der Waals surface area contributed by atoms with Crippen LogP contribution in [0.15, 0.2) is 12.4 Å². The molecule has 1 aliphatic heterocycles. The molecule has 0 spiro atoms. The first-order valence-electron chi connectivity index (χ1n) is 7.39. The Hall–Kier alpha value is -2.64. The number of aromatic amines is 1. The van der Waals surface area contributed by atoms with Crippen molar-refractivity contribution in [1.82, 2.24) is 20.2 Å². The van der Waals surface area contributed by atoms with Crippen LogP contribution < -0.4 is 15.4 Å². The Labute approximate surface area is 126 Å². The molecule has 2 aromatic rings. The number of rotatable bonds is 3. The lowest BCUT2D eigenvalue weighted by Gasteiger charge is -2.18. The summed E-state index contributed by atoms with van der Waals surface area (Å²) in [4.78, 5) is 19.6. The molecule has 8 heteroatoms. The minimum Gasteiger partial charge on any atom is -0.466 e. The van der Waals surface area contributed by atoms with Crippen LogP contribution in [-0.4, -0.2) is 32.7 Å². The highest BCUT2D eigenvalue weighted by atomic mass is 16.5. The van der Waals surface area contributed by atoms with E-state index in [0.29, 0.717) is 29.1 Å². The van der Waals surface area contributed by atoms with E-state index in [1.54, 1.807) is 0 Å². The number of ether oxygens (including phenoxy) is 1. The topological polar surface area (TPSA) is 105 Å². The Balaban J connectivity index is 1.57. The second-order valence-corrected chi connectivity index (χ2v) is 5.55. The molecule has 0 saturated heterocycles. The van der Waals surface area contributed by atoms with E-state index < -0.39 is 0 Å². The van der Waals surface area contributed by atoms with E-state index in [4.69, 9.17) is 4.74 Å². The van der Waals surface area contributed by atoms with E-state index in [9.17, 15) is 4.79 Å². The highest BCUT2D eigenvalue weighted by Gasteiger charge is 2.23. The van der Waals surface area contributed by atoms with Crippen LogP contribution in [0.1, 0.15) is 37.3 Å². The fourth-order valence-electron chi connectivity index (χ4n) is 2.96. The van der Waals surface area contributed by atoms with Crippen LogP contribution >= 0.6 is 0 Å². The summed E-state index contributed by atoms with van der Waals surface area (Å²) in [5.74, 6) is 1.85. The average molecular weight is 300 g/mol. The molecule has 0 aromatic carbocycles. The van der Waals surface area contributed by atoms with Crippen molar-refractivity contribution >= 4 is 23.2 Å². The zero-order chi connectivity index (χ0) is 14.9. The maximum atomic E-state index is 11.5. The Morgan fingerprint density at radius 3 is 3.00 bits per heavy atom. The highest BCUT2D eigenvalue weighted by molar-refractivity contribution is 5.98. The molecule has 0 radical (unpaired) electrons. The van der Waals surface area contributed by atoms with Crippen LogP contribution in [0.3, 0.4) is 0 Å². The summed E-state index contributed by atoms with van der Waals surface area (Å²) < 4.78 is 5.27. The van der Waals surface area contributed by atoms with Crippen molar-refractivity contribution in [2.45, 2.75) is 31.6 Å². The molecule has 0 atom stereocenters. The molecule has 3 N–H and O–H groups in total. The summed E-state index contributed by atoms with van der Waals surface area (Å²) in [6.45, 7) is -0.0301. The second-order valence-electron chi connectivity index (χ2n) is 5.55.